The number of nitrogens with two attached hydrogens (primary N) is 1. The van der Waals surface area contributed by atoms with Gasteiger partial charge in [-0.1, -0.05) is 50.2 Å². The van der Waals surface area contributed by atoms with Crippen LogP contribution in [0.1, 0.15) is 87.7 Å². The lowest BCUT2D eigenvalue weighted by atomic mass is 9.84. The van der Waals surface area contributed by atoms with Crippen molar-refractivity contribution in [3.05, 3.63) is 123 Å². The van der Waals surface area contributed by atoms with E-state index in [4.69, 9.17) is 15.5 Å². The summed E-state index contributed by atoms with van der Waals surface area (Å²) in [5.74, 6) is -3.04. The summed E-state index contributed by atoms with van der Waals surface area (Å²) in [5.41, 5.74) is 11.1. The van der Waals surface area contributed by atoms with Crippen LogP contribution >= 0.6 is 0 Å². The average molecular weight is 614 g/mol. The van der Waals surface area contributed by atoms with Gasteiger partial charge in [0.1, 0.15) is 5.82 Å². The summed E-state index contributed by atoms with van der Waals surface area (Å²) in [6.07, 6.45) is 1.98. The molecule has 45 heavy (non-hydrogen) atoms. The number of halogens is 3. The molecule has 4 aromatic rings. The van der Waals surface area contributed by atoms with Crippen molar-refractivity contribution in [2.75, 3.05) is 0 Å². The molecule has 0 fully saturated rings. The van der Waals surface area contributed by atoms with Gasteiger partial charge >= 0.3 is 0 Å². The fraction of sp³-hybridized carbons (Fsp3) is 0.306. The van der Waals surface area contributed by atoms with Crippen LogP contribution in [0, 0.1) is 23.4 Å². The van der Waals surface area contributed by atoms with E-state index in [0.29, 0.717) is 59.3 Å². The smallest absolute Gasteiger partial charge is 0.254 e. The molecule has 232 valence electrons. The Morgan fingerprint density at radius 1 is 1.02 bits per heavy atom. The minimum atomic E-state index is -0.919. The Labute approximate surface area is 259 Å². The minimum Gasteiger partial charge on any atom is -0.369 e. The highest BCUT2D eigenvalue weighted by molar-refractivity contribution is 6.12. The number of nitrogens with one attached hydrogen (secondary N) is 1. The Morgan fingerprint density at radius 3 is 2.44 bits per heavy atom. The van der Waals surface area contributed by atoms with Gasteiger partial charge in [0.25, 0.3) is 11.8 Å². The van der Waals surface area contributed by atoms with Gasteiger partial charge in [0.2, 0.25) is 0 Å². The first-order chi connectivity index (χ1) is 21.4. The fourth-order valence-electron chi connectivity index (χ4n) is 6.59. The molecular formula is C36H34F3N3O3. The number of carbonyl (C=O) groups is 2. The van der Waals surface area contributed by atoms with E-state index in [0.717, 1.165) is 28.8 Å². The molecule has 0 saturated carbocycles. The van der Waals surface area contributed by atoms with Crippen LogP contribution in [-0.4, -0.2) is 16.8 Å². The highest BCUT2D eigenvalue weighted by Gasteiger charge is 2.44. The molecule has 9 heteroatoms. The number of aromatic nitrogens is 1. The largest absolute Gasteiger partial charge is 0.369 e. The molecule has 2 unspecified atom stereocenters. The SMILES string of the molecule is CC(C)Cc1nc2c(c(-c3ccc4c(c3)CCC4OCc3ccc(F)c(F)c3)c1C(N)=O)C(=O)NC2(C)Cc1ccc(F)cc1. The van der Waals surface area contributed by atoms with Crippen LogP contribution in [0.3, 0.4) is 0 Å². The highest BCUT2D eigenvalue weighted by atomic mass is 19.2. The van der Waals surface area contributed by atoms with E-state index in [-0.39, 0.29) is 35.9 Å². The van der Waals surface area contributed by atoms with Gasteiger partial charge in [0.05, 0.1) is 40.8 Å². The second-order valence-corrected chi connectivity index (χ2v) is 12.6. The molecule has 1 aliphatic heterocycles. The van der Waals surface area contributed by atoms with Gasteiger partial charge in [0.15, 0.2) is 11.6 Å². The summed E-state index contributed by atoms with van der Waals surface area (Å²) in [6, 6.07) is 15.6. The Morgan fingerprint density at radius 2 is 1.76 bits per heavy atom. The number of hydrogen-bond acceptors (Lipinski definition) is 4. The van der Waals surface area contributed by atoms with Crippen molar-refractivity contribution >= 4 is 11.8 Å². The van der Waals surface area contributed by atoms with Crippen LogP contribution in [0.25, 0.3) is 11.1 Å². The summed E-state index contributed by atoms with van der Waals surface area (Å²) in [7, 11) is 0. The predicted molar refractivity (Wildman–Crippen MR) is 164 cm³/mol. The van der Waals surface area contributed by atoms with Crippen molar-refractivity contribution in [3.63, 3.8) is 0 Å². The van der Waals surface area contributed by atoms with Gasteiger partial charge in [0, 0.05) is 12.0 Å². The lowest BCUT2D eigenvalue weighted by Gasteiger charge is -2.26. The van der Waals surface area contributed by atoms with Gasteiger partial charge in [-0.25, -0.2) is 13.2 Å². The molecule has 1 aromatic heterocycles. The third-order valence-electron chi connectivity index (χ3n) is 8.62. The van der Waals surface area contributed by atoms with E-state index in [1.807, 2.05) is 39.0 Å². The van der Waals surface area contributed by atoms with Crippen LogP contribution in [0.4, 0.5) is 13.2 Å². The zero-order valence-electron chi connectivity index (χ0n) is 25.3. The molecule has 2 atom stereocenters. The van der Waals surface area contributed by atoms with Gasteiger partial charge in [-0.3, -0.25) is 14.6 Å². The van der Waals surface area contributed by atoms with Gasteiger partial charge < -0.3 is 15.8 Å². The number of carbonyl (C=O) groups excluding carboxylic acids is 2. The van der Waals surface area contributed by atoms with E-state index in [1.165, 1.54) is 18.2 Å². The number of hydrogen-bond donors (Lipinski definition) is 2. The van der Waals surface area contributed by atoms with Crippen molar-refractivity contribution < 1.29 is 27.5 Å². The number of benzene rings is 3. The van der Waals surface area contributed by atoms with Crippen molar-refractivity contribution in [1.82, 2.24) is 10.3 Å². The lowest BCUT2D eigenvalue weighted by molar-refractivity contribution is 0.0409. The molecule has 1 aliphatic carbocycles. The van der Waals surface area contributed by atoms with Crippen molar-refractivity contribution in [2.24, 2.45) is 11.7 Å². The Balaban J connectivity index is 1.41. The average Bonchev–Trinajstić information content (AvgIpc) is 3.50. The third kappa shape index (κ3) is 5.84. The number of pyridine rings is 1. The molecule has 6 nitrogen and oxygen atoms in total. The van der Waals surface area contributed by atoms with Crippen LogP contribution < -0.4 is 11.1 Å². The first kappa shape index (κ1) is 30.5. The first-order valence-electron chi connectivity index (χ1n) is 15.1. The number of primary amides is 1. The van der Waals surface area contributed by atoms with Crippen molar-refractivity contribution in [3.8, 4) is 11.1 Å². The van der Waals surface area contributed by atoms with E-state index in [2.05, 4.69) is 5.32 Å². The molecule has 2 heterocycles. The predicted octanol–water partition coefficient (Wildman–Crippen LogP) is 6.87. The van der Waals surface area contributed by atoms with Gasteiger partial charge in [-0.15, -0.1) is 0 Å². The summed E-state index contributed by atoms with van der Waals surface area (Å²) in [6.45, 7) is 6.06. The summed E-state index contributed by atoms with van der Waals surface area (Å²) >= 11 is 0. The topological polar surface area (TPSA) is 94.3 Å². The molecule has 0 bridgehead atoms. The lowest BCUT2D eigenvalue weighted by Crippen LogP contribution is -2.39. The second kappa shape index (κ2) is 11.8. The molecule has 2 amide bonds. The molecule has 3 aromatic carbocycles. The molecule has 0 saturated heterocycles. The number of nitrogens with zero attached hydrogens (tertiary/aromatic N) is 1. The zero-order valence-corrected chi connectivity index (χ0v) is 25.3. The molecule has 3 N–H and O–H groups in total. The van der Waals surface area contributed by atoms with Crippen molar-refractivity contribution in [1.29, 1.82) is 0 Å². The zero-order chi connectivity index (χ0) is 32.0. The van der Waals surface area contributed by atoms with E-state index < -0.39 is 23.1 Å². The van der Waals surface area contributed by atoms with Crippen LogP contribution in [0.15, 0.2) is 60.7 Å². The van der Waals surface area contributed by atoms with Crippen molar-refractivity contribution in [2.45, 2.75) is 64.7 Å². The Bertz CT molecular complexity index is 1820. The number of aryl methyl sites for hydroxylation is 1. The van der Waals surface area contributed by atoms with Gasteiger partial charge in [-0.2, -0.15) is 0 Å². The number of fused-ring (bicyclic) bond motifs is 2. The maximum Gasteiger partial charge on any atom is 0.254 e. The van der Waals surface area contributed by atoms with E-state index >= 15 is 0 Å². The van der Waals surface area contributed by atoms with Crippen LogP contribution in [-0.2, 0) is 36.1 Å². The monoisotopic (exact) mass is 613 g/mol. The number of ether oxygens (including phenoxy) is 1. The summed E-state index contributed by atoms with van der Waals surface area (Å²) in [5, 5.41) is 3.10. The molecule has 2 aliphatic rings. The summed E-state index contributed by atoms with van der Waals surface area (Å²) < 4.78 is 46.8. The quantitative estimate of drug-likeness (QED) is 0.216. The maximum atomic E-state index is 13.7. The van der Waals surface area contributed by atoms with E-state index in [9.17, 15) is 22.8 Å². The molecular weight excluding hydrogens is 579 g/mol. The standard InChI is InChI=1S/C36H34F3N3O3/c1-19(2)14-28-31(34(40)43)30(32-33(41-28)36(3,42-35(32)44)17-20-4-9-24(37)10-5-20)23-7-11-25-22(16-23)8-13-29(25)45-18-21-6-12-26(38)27(39)15-21/h4-7,9-12,15-16,19,29H,8,13-14,17-18H2,1-3H3,(H2,40,43)(H,42,44). The highest BCUT2D eigenvalue weighted by Crippen LogP contribution is 2.43. The summed E-state index contributed by atoms with van der Waals surface area (Å²) in [4.78, 5) is 31.8. The fourth-order valence-corrected chi connectivity index (χ4v) is 6.59. The third-order valence-corrected chi connectivity index (χ3v) is 8.62. The molecule has 0 spiro atoms. The normalized spacial score (nSPS) is 18.6. The minimum absolute atomic E-state index is 0.123. The number of rotatable bonds is 9. The maximum absolute atomic E-state index is 13.7. The number of amides is 2. The van der Waals surface area contributed by atoms with Crippen LogP contribution in [0.2, 0.25) is 0 Å². The second-order valence-electron chi connectivity index (χ2n) is 12.6. The molecule has 6 rings (SSSR count). The van der Waals surface area contributed by atoms with Crippen LogP contribution in [0.5, 0.6) is 0 Å². The first-order valence-corrected chi connectivity index (χ1v) is 15.1. The molecule has 0 radical (unpaired) electrons. The van der Waals surface area contributed by atoms with Gasteiger partial charge in [-0.05, 0) is 84.2 Å². The Hall–Kier alpha value is -4.50. The van der Waals surface area contributed by atoms with E-state index in [1.54, 1.807) is 12.1 Å². The Kier molecular flexibility index (Phi) is 7.99.